The molecule has 4 heteroatoms. The number of hydrogen-bond donors (Lipinski definition) is 0. The minimum atomic E-state index is -0.239. The Morgan fingerprint density at radius 3 is 3.06 bits per heavy atom. The van der Waals surface area contributed by atoms with Crippen molar-refractivity contribution in [2.24, 2.45) is 0 Å². The number of nitrogens with zero attached hydrogens (tertiary/aromatic N) is 2. The van der Waals surface area contributed by atoms with Crippen molar-refractivity contribution in [3.05, 3.63) is 0 Å². The molecule has 1 aliphatic heterocycles. The Labute approximate surface area is 97.1 Å². The zero-order chi connectivity index (χ0) is 11.4. The summed E-state index contributed by atoms with van der Waals surface area (Å²) in [6, 6.07) is 2.78. The van der Waals surface area contributed by atoms with E-state index in [1.54, 1.807) is 7.11 Å². The number of rotatable bonds is 2. The van der Waals surface area contributed by atoms with Gasteiger partial charge in [0.1, 0.15) is 0 Å². The number of morpholine rings is 1. The largest absolute Gasteiger partial charge is 0.381 e. The van der Waals surface area contributed by atoms with E-state index in [2.05, 4.69) is 11.0 Å². The van der Waals surface area contributed by atoms with Crippen LogP contribution in [0.3, 0.4) is 0 Å². The fourth-order valence-corrected chi connectivity index (χ4v) is 2.74. The zero-order valence-corrected chi connectivity index (χ0v) is 9.89. The summed E-state index contributed by atoms with van der Waals surface area (Å²) in [6.07, 6.45) is 4.92. The standard InChI is InChI=1S/C12H20N2O2/c1-15-11-4-2-3-10(7-11)14-5-6-16-12(8-13)9-14/h10-12H,2-7,9H2,1H3. The minimum Gasteiger partial charge on any atom is -0.381 e. The average Bonchev–Trinajstić information content (AvgIpc) is 2.39. The minimum absolute atomic E-state index is 0.239. The molecule has 1 aliphatic carbocycles. The first-order valence-corrected chi connectivity index (χ1v) is 6.11. The molecule has 1 heterocycles. The highest BCUT2D eigenvalue weighted by atomic mass is 16.5. The second-order valence-electron chi connectivity index (χ2n) is 4.66. The third-order valence-electron chi connectivity index (χ3n) is 3.69. The van der Waals surface area contributed by atoms with Gasteiger partial charge in [-0.05, 0) is 25.7 Å². The first-order chi connectivity index (χ1) is 7.83. The Balaban J connectivity index is 1.88. The van der Waals surface area contributed by atoms with Crippen molar-refractivity contribution >= 4 is 0 Å². The maximum absolute atomic E-state index is 8.88. The summed E-state index contributed by atoms with van der Waals surface area (Å²) < 4.78 is 10.8. The van der Waals surface area contributed by atoms with Gasteiger partial charge >= 0.3 is 0 Å². The topological polar surface area (TPSA) is 45.5 Å². The monoisotopic (exact) mass is 224 g/mol. The van der Waals surface area contributed by atoms with Gasteiger partial charge in [-0.3, -0.25) is 4.90 Å². The van der Waals surface area contributed by atoms with Crippen LogP contribution in [-0.2, 0) is 9.47 Å². The summed E-state index contributed by atoms with van der Waals surface area (Å²) in [6.45, 7) is 2.41. The smallest absolute Gasteiger partial charge is 0.156 e. The van der Waals surface area contributed by atoms with Crippen LogP contribution in [0.5, 0.6) is 0 Å². The fourth-order valence-electron chi connectivity index (χ4n) is 2.74. The van der Waals surface area contributed by atoms with Gasteiger partial charge in [-0.2, -0.15) is 5.26 Å². The molecule has 2 fully saturated rings. The molecule has 16 heavy (non-hydrogen) atoms. The van der Waals surface area contributed by atoms with Crippen LogP contribution in [0, 0.1) is 11.3 Å². The zero-order valence-electron chi connectivity index (χ0n) is 9.89. The van der Waals surface area contributed by atoms with Gasteiger partial charge in [0.15, 0.2) is 6.10 Å². The first kappa shape index (κ1) is 11.8. The van der Waals surface area contributed by atoms with E-state index in [-0.39, 0.29) is 6.10 Å². The van der Waals surface area contributed by atoms with Gasteiger partial charge in [-0.25, -0.2) is 0 Å². The lowest BCUT2D eigenvalue weighted by Crippen LogP contribution is -2.49. The summed E-state index contributed by atoms with van der Waals surface area (Å²) in [5.74, 6) is 0. The number of hydrogen-bond acceptors (Lipinski definition) is 4. The lowest BCUT2D eigenvalue weighted by Gasteiger charge is -2.40. The van der Waals surface area contributed by atoms with Gasteiger partial charge in [0, 0.05) is 26.2 Å². The molecule has 0 aromatic rings. The lowest BCUT2D eigenvalue weighted by atomic mass is 9.91. The van der Waals surface area contributed by atoms with Gasteiger partial charge in [0.2, 0.25) is 0 Å². The first-order valence-electron chi connectivity index (χ1n) is 6.11. The Morgan fingerprint density at radius 2 is 2.31 bits per heavy atom. The van der Waals surface area contributed by atoms with Crippen LogP contribution in [-0.4, -0.2) is 50.0 Å². The van der Waals surface area contributed by atoms with E-state index in [1.165, 1.54) is 19.3 Å². The molecule has 1 saturated carbocycles. The van der Waals surface area contributed by atoms with Crippen LogP contribution in [0.2, 0.25) is 0 Å². The van der Waals surface area contributed by atoms with E-state index in [4.69, 9.17) is 14.7 Å². The van der Waals surface area contributed by atoms with Crippen molar-refractivity contribution < 1.29 is 9.47 Å². The summed E-state index contributed by atoms with van der Waals surface area (Å²) >= 11 is 0. The average molecular weight is 224 g/mol. The molecule has 90 valence electrons. The number of nitriles is 1. The molecule has 3 atom stereocenters. The third kappa shape index (κ3) is 2.73. The third-order valence-corrected chi connectivity index (χ3v) is 3.69. The van der Waals surface area contributed by atoms with Gasteiger partial charge in [0.25, 0.3) is 0 Å². The molecule has 0 aromatic heterocycles. The van der Waals surface area contributed by atoms with E-state index in [9.17, 15) is 0 Å². The Hall–Kier alpha value is -0.630. The van der Waals surface area contributed by atoms with Crippen molar-refractivity contribution in [1.29, 1.82) is 5.26 Å². The fraction of sp³-hybridized carbons (Fsp3) is 0.917. The molecule has 0 aromatic carbocycles. The van der Waals surface area contributed by atoms with Crippen LogP contribution in [0.1, 0.15) is 25.7 Å². The quantitative estimate of drug-likeness (QED) is 0.706. The summed E-state index contributed by atoms with van der Waals surface area (Å²) in [4.78, 5) is 2.41. The molecule has 0 N–H and O–H groups in total. The highest BCUT2D eigenvalue weighted by Gasteiger charge is 2.30. The molecular weight excluding hydrogens is 204 g/mol. The summed E-state index contributed by atoms with van der Waals surface area (Å²) in [5, 5.41) is 8.88. The highest BCUT2D eigenvalue weighted by Crippen LogP contribution is 2.26. The highest BCUT2D eigenvalue weighted by molar-refractivity contribution is 4.92. The molecule has 0 radical (unpaired) electrons. The molecule has 0 spiro atoms. The van der Waals surface area contributed by atoms with Crippen LogP contribution < -0.4 is 0 Å². The maximum atomic E-state index is 8.88. The van der Waals surface area contributed by atoms with E-state index in [0.717, 1.165) is 19.5 Å². The molecule has 2 rings (SSSR count). The molecule has 2 aliphatic rings. The molecule has 0 bridgehead atoms. The summed E-state index contributed by atoms with van der Waals surface area (Å²) in [5.41, 5.74) is 0. The number of methoxy groups -OCH3 is 1. The normalized spacial score (nSPS) is 36.9. The van der Waals surface area contributed by atoms with E-state index >= 15 is 0 Å². The Morgan fingerprint density at radius 1 is 1.44 bits per heavy atom. The molecular formula is C12H20N2O2. The Bertz CT molecular complexity index is 264. The van der Waals surface area contributed by atoms with Crippen molar-refractivity contribution in [2.45, 2.75) is 43.9 Å². The van der Waals surface area contributed by atoms with Crippen LogP contribution >= 0.6 is 0 Å². The van der Waals surface area contributed by atoms with Crippen molar-refractivity contribution in [1.82, 2.24) is 4.90 Å². The van der Waals surface area contributed by atoms with E-state index in [0.29, 0.717) is 18.8 Å². The molecule has 4 nitrogen and oxygen atoms in total. The van der Waals surface area contributed by atoms with Crippen molar-refractivity contribution in [2.75, 3.05) is 26.8 Å². The number of ether oxygens (including phenoxy) is 2. The predicted molar refractivity (Wildman–Crippen MR) is 60.0 cm³/mol. The molecule has 0 amide bonds. The summed E-state index contributed by atoms with van der Waals surface area (Å²) in [7, 11) is 1.80. The van der Waals surface area contributed by atoms with Crippen LogP contribution in [0.25, 0.3) is 0 Å². The molecule has 1 saturated heterocycles. The SMILES string of the molecule is COC1CCCC(N2CCOC(C#N)C2)C1. The van der Waals surface area contributed by atoms with Crippen molar-refractivity contribution in [3.63, 3.8) is 0 Å². The van der Waals surface area contributed by atoms with Gasteiger partial charge in [-0.15, -0.1) is 0 Å². The van der Waals surface area contributed by atoms with E-state index < -0.39 is 0 Å². The second kappa shape index (κ2) is 5.62. The van der Waals surface area contributed by atoms with Gasteiger partial charge in [-0.1, -0.05) is 0 Å². The predicted octanol–water partition coefficient (Wildman–Crippen LogP) is 1.17. The van der Waals surface area contributed by atoms with Crippen molar-refractivity contribution in [3.8, 4) is 6.07 Å². The maximum Gasteiger partial charge on any atom is 0.156 e. The van der Waals surface area contributed by atoms with Crippen LogP contribution in [0.4, 0.5) is 0 Å². The second-order valence-corrected chi connectivity index (χ2v) is 4.66. The van der Waals surface area contributed by atoms with E-state index in [1.807, 2.05) is 0 Å². The lowest BCUT2D eigenvalue weighted by molar-refractivity contribution is -0.0406. The van der Waals surface area contributed by atoms with Gasteiger partial charge in [0.05, 0.1) is 18.8 Å². The van der Waals surface area contributed by atoms with Crippen LogP contribution in [0.15, 0.2) is 0 Å². The molecule has 3 unspecified atom stereocenters. The van der Waals surface area contributed by atoms with Gasteiger partial charge < -0.3 is 9.47 Å². The Kier molecular flexibility index (Phi) is 4.16.